The molecule has 4 aromatic rings. The normalized spacial score (nSPS) is 24.6. The molecule has 4 aliphatic rings. The minimum atomic E-state index is -1.65. The maximum atomic E-state index is 16.0. The highest BCUT2D eigenvalue weighted by Gasteiger charge is 2.77. The van der Waals surface area contributed by atoms with E-state index in [9.17, 15) is 24.3 Å². The molecule has 0 aromatic heterocycles. The summed E-state index contributed by atoms with van der Waals surface area (Å²) in [6.07, 6.45) is -0.572. The first-order chi connectivity index (χ1) is 32.5. The van der Waals surface area contributed by atoms with E-state index in [1.165, 1.54) is 20.9 Å². The van der Waals surface area contributed by atoms with Gasteiger partial charge in [-0.1, -0.05) is 115 Å². The van der Waals surface area contributed by atoms with Crippen LogP contribution in [0, 0.1) is 5.41 Å². The molecule has 68 heavy (non-hydrogen) atoms. The van der Waals surface area contributed by atoms with E-state index in [1.807, 2.05) is 115 Å². The first-order valence-corrected chi connectivity index (χ1v) is 23.1. The second-order valence-electron chi connectivity index (χ2n) is 19.2. The van der Waals surface area contributed by atoms with E-state index < -0.39 is 89.7 Å². The molecule has 15 heteroatoms. The average Bonchev–Trinajstić information content (AvgIpc) is 3.91. The van der Waals surface area contributed by atoms with E-state index in [0.717, 1.165) is 16.7 Å². The molecular weight excluding hydrogens is 869 g/mol. The Bertz CT molecular complexity index is 2440. The first-order valence-electron chi connectivity index (χ1n) is 23.1. The van der Waals surface area contributed by atoms with Crippen LogP contribution in [-0.4, -0.2) is 126 Å². The number of nitrogens with zero attached hydrogens (tertiary/aromatic N) is 3. The number of likely N-dealkylation sites (N-methyl/N-ethyl adjacent to an activating group) is 2. The minimum Gasteiger partial charge on any atom is -0.460 e. The predicted molar refractivity (Wildman–Crippen MR) is 250 cm³/mol. The molecule has 1 aliphatic carbocycles. The quantitative estimate of drug-likeness (QED) is 0.115. The first kappa shape index (κ1) is 48.2. The standard InChI is InChI=1S/C53H60N4O11/c1-51(2,3)65-43(60)29-27-39(33-58)54-48(61)40(30-35-16-10-7-11-17-35)56(6)50(63)52-31-41-44-45(67-53(66-44,37-18-12-8-13-19-37)38-20-14-9-15-21-38)47(52)68-57(46(52)49(62)64-41)32-36-24-22-34(23-25-36)26-28-42(59)55(4)5/h7-26,28,39-41,44-47,58H,27,29-33H2,1-6H3,(H,54,61)/t39-,40+,41+,44-,45-,46-,47+,52-/m0/s1. The van der Waals surface area contributed by atoms with Gasteiger partial charge in [0.15, 0.2) is 6.04 Å². The number of ether oxygens (including phenoxy) is 4. The SMILES string of the molecule is CN(C)C(=O)C=Cc1ccc(CN2O[C@@H]3[C@H]4OC(c5ccccc5)(c5ccccc5)O[C@H]4[C@H]4C[C@]3(C(=O)N(C)[C@H](Cc3ccccc3)C(=O)N[C@H](CO)CCC(=O)OC(C)(C)C)[C@@H]2C(=O)O4)cc1. The van der Waals surface area contributed by atoms with Gasteiger partial charge in [0.1, 0.15) is 41.5 Å². The number of benzene rings is 4. The Labute approximate surface area is 396 Å². The number of amides is 3. The van der Waals surface area contributed by atoms with Crippen molar-refractivity contribution < 1.29 is 52.9 Å². The molecule has 0 radical (unpaired) electrons. The van der Waals surface area contributed by atoms with Gasteiger partial charge in [0, 0.05) is 57.6 Å². The molecule has 3 heterocycles. The summed E-state index contributed by atoms with van der Waals surface area (Å²) < 4.78 is 26.0. The molecule has 2 bridgehead atoms. The largest absolute Gasteiger partial charge is 0.460 e. The molecule has 1 saturated carbocycles. The van der Waals surface area contributed by atoms with Crippen molar-refractivity contribution in [3.05, 3.63) is 149 Å². The lowest BCUT2D eigenvalue weighted by Gasteiger charge is -2.50. The third-order valence-corrected chi connectivity index (χ3v) is 13.1. The average molecular weight is 929 g/mol. The number of aliphatic hydroxyl groups excluding tert-OH is 1. The smallest absolute Gasteiger partial charge is 0.327 e. The fourth-order valence-corrected chi connectivity index (χ4v) is 9.80. The molecule has 3 amide bonds. The summed E-state index contributed by atoms with van der Waals surface area (Å²) in [5.41, 5.74) is 1.31. The monoisotopic (exact) mass is 928 g/mol. The van der Waals surface area contributed by atoms with E-state index >= 15 is 4.79 Å². The predicted octanol–water partition coefficient (Wildman–Crippen LogP) is 4.94. The zero-order valence-electron chi connectivity index (χ0n) is 39.3. The summed E-state index contributed by atoms with van der Waals surface area (Å²) in [5, 5.41) is 14.8. The Kier molecular flexibility index (Phi) is 14.0. The van der Waals surface area contributed by atoms with Gasteiger partial charge in [-0.05, 0) is 50.0 Å². The lowest BCUT2D eigenvalue weighted by Crippen LogP contribution is -2.70. The fourth-order valence-electron chi connectivity index (χ4n) is 9.80. The van der Waals surface area contributed by atoms with Crippen LogP contribution in [0.4, 0.5) is 0 Å². The fraction of sp³-hybridized carbons (Fsp3) is 0.415. The highest BCUT2D eigenvalue weighted by atomic mass is 16.8. The number of hydroxylamine groups is 2. The van der Waals surface area contributed by atoms with Crippen LogP contribution in [0.1, 0.15) is 67.9 Å². The summed E-state index contributed by atoms with van der Waals surface area (Å²) in [4.78, 5) is 80.0. The van der Waals surface area contributed by atoms with Gasteiger partial charge in [0.25, 0.3) is 0 Å². The summed E-state index contributed by atoms with van der Waals surface area (Å²) >= 11 is 0. The molecule has 3 saturated heterocycles. The van der Waals surface area contributed by atoms with Gasteiger partial charge >= 0.3 is 11.9 Å². The molecule has 4 fully saturated rings. The highest BCUT2D eigenvalue weighted by molar-refractivity contribution is 5.96. The molecule has 0 spiro atoms. The number of fused-ring (bicyclic) bond motifs is 4. The number of hydrogen-bond acceptors (Lipinski definition) is 12. The van der Waals surface area contributed by atoms with Crippen molar-refractivity contribution in [1.29, 1.82) is 0 Å². The van der Waals surface area contributed by atoms with Crippen LogP contribution in [0.3, 0.4) is 0 Å². The van der Waals surface area contributed by atoms with Crippen molar-refractivity contribution >= 4 is 35.7 Å². The summed E-state index contributed by atoms with van der Waals surface area (Å²) in [5.74, 6) is -3.89. The lowest BCUT2D eigenvalue weighted by molar-refractivity contribution is -0.214. The van der Waals surface area contributed by atoms with Crippen molar-refractivity contribution in [1.82, 2.24) is 20.2 Å². The van der Waals surface area contributed by atoms with Crippen LogP contribution in [0.5, 0.6) is 0 Å². The Hall–Kier alpha value is -6.23. The van der Waals surface area contributed by atoms with Crippen molar-refractivity contribution in [2.24, 2.45) is 5.41 Å². The molecule has 4 aromatic carbocycles. The van der Waals surface area contributed by atoms with Crippen molar-refractivity contribution in [2.45, 2.75) is 107 Å². The van der Waals surface area contributed by atoms with Crippen molar-refractivity contribution in [3.63, 3.8) is 0 Å². The van der Waals surface area contributed by atoms with Crippen molar-refractivity contribution in [2.75, 3.05) is 27.7 Å². The van der Waals surface area contributed by atoms with Crippen LogP contribution >= 0.6 is 0 Å². The van der Waals surface area contributed by atoms with Gasteiger partial charge in [-0.3, -0.25) is 28.8 Å². The van der Waals surface area contributed by atoms with Crippen LogP contribution in [-0.2, 0) is 66.5 Å². The maximum Gasteiger partial charge on any atom is 0.327 e. The Morgan fingerprint density at radius 2 is 1.46 bits per heavy atom. The van der Waals surface area contributed by atoms with Crippen LogP contribution in [0.25, 0.3) is 6.08 Å². The van der Waals surface area contributed by atoms with Crippen LogP contribution in [0.15, 0.2) is 121 Å². The number of nitrogens with one attached hydrogen (secondary N) is 1. The third kappa shape index (κ3) is 9.72. The zero-order chi connectivity index (χ0) is 48.4. The molecule has 15 nitrogen and oxygen atoms in total. The summed E-state index contributed by atoms with van der Waals surface area (Å²) in [7, 11) is 4.89. The van der Waals surface area contributed by atoms with Gasteiger partial charge < -0.3 is 39.2 Å². The minimum absolute atomic E-state index is 0.00357. The maximum absolute atomic E-state index is 16.0. The van der Waals surface area contributed by atoms with Gasteiger partial charge in [0.2, 0.25) is 23.5 Å². The highest BCUT2D eigenvalue weighted by Crippen LogP contribution is 2.59. The second-order valence-corrected chi connectivity index (χ2v) is 19.2. The van der Waals surface area contributed by atoms with E-state index in [2.05, 4.69) is 5.32 Å². The van der Waals surface area contributed by atoms with Gasteiger partial charge in [-0.2, -0.15) is 5.06 Å². The molecular formula is C53H60N4O11. The van der Waals surface area contributed by atoms with E-state index in [1.54, 1.807) is 48.0 Å². The molecule has 8 rings (SSSR count). The van der Waals surface area contributed by atoms with E-state index in [-0.39, 0.29) is 38.1 Å². The summed E-state index contributed by atoms with van der Waals surface area (Å²) in [6, 6.07) is 32.3. The third-order valence-electron chi connectivity index (χ3n) is 13.1. The van der Waals surface area contributed by atoms with E-state index in [0.29, 0.717) is 11.1 Å². The second kappa shape index (κ2) is 19.8. The zero-order valence-corrected chi connectivity index (χ0v) is 39.3. The number of hydrogen-bond donors (Lipinski definition) is 2. The topological polar surface area (TPSA) is 173 Å². The number of carbonyl (C=O) groups excluding carboxylic acids is 5. The molecule has 3 aliphatic heterocycles. The lowest BCUT2D eigenvalue weighted by atomic mass is 9.62. The van der Waals surface area contributed by atoms with E-state index in [4.69, 9.17) is 23.8 Å². The molecule has 0 unspecified atom stereocenters. The molecule has 8 atom stereocenters. The van der Waals surface area contributed by atoms with Crippen LogP contribution < -0.4 is 5.32 Å². The summed E-state index contributed by atoms with van der Waals surface area (Å²) in [6.45, 7) is 4.88. The molecule has 2 N–H and O–H groups in total. The number of carbonyl (C=O) groups is 5. The van der Waals surface area contributed by atoms with Gasteiger partial charge in [-0.15, -0.1) is 0 Å². The Morgan fingerprint density at radius 1 is 0.853 bits per heavy atom. The number of rotatable bonds is 16. The van der Waals surface area contributed by atoms with Crippen molar-refractivity contribution in [3.8, 4) is 0 Å². The van der Waals surface area contributed by atoms with Gasteiger partial charge in [-0.25, -0.2) is 0 Å². The Balaban J connectivity index is 1.17. The van der Waals surface area contributed by atoms with Crippen LogP contribution in [0.2, 0.25) is 0 Å². The number of esters is 2. The number of aliphatic hydroxyl groups is 1. The van der Waals surface area contributed by atoms with Gasteiger partial charge in [0.05, 0.1) is 19.2 Å². The Morgan fingerprint density at radius 3 is 2.04 bits per heavy atom. The molecule has 358 valence electrons.